The lowest BCUT2D eigenvalue weighted by Crippen LogP contribution is -2.27. The fraction of sp³-hybridized carbons (Fsp3) is 0.324. The summed E-state index contributed by atoms with van der Waals surface area (Å²) in [7, 11) is 2.75. The number of rotatable bonds is 15. The highest BCUT2D eigenvalue weighted by Gasteiger charge is 2.30. The van der Waals surface area contributed by atoms with Crippen LogP contribution in [0.1, 0.15) is 71.3 Å². The van der Waals surface area contributed by atoms with Crippen molar-refractivity contribution in [3.05, 3.63) is 101 Å². The average Bonchev–Trinajstić information content (AvgIpc) is 3.41. The number of esters is 1. The van der Waals surface area contributed by atoms with Gasteiger partial charge in [0.2, 0.25) is 0 Å². The van der Waals surface area contributed by atoms with Gasteiger partial charge in [-0.3, -0.25) is 9.59 Å². The highest BCUT2D eigenvalue weighted by Crippen LogP contribution is 2.42. The van der Waals surface area contributed by atoms with E-state index in [9.17, 15) is 29.0 Å². The minimum Gasteiger partial charge on any atom is -0.496 e. The third kappa shape index (κ3) is 8.47. The highest BCUT2D eigenvalue weighted by molar-refractivity contribution is 6.05. The minimum absolute atomic E-state index is 0.0718. The number of aromatic nitrogens is 1. The van der Waals surface area contributed by atoms with Crippen molar-refractivity contribution < 1.29 is 43.6 Å². The van der Waals surface area contributed by atoms with Gasteiger partial charge in [-0.1, -0.05) is 48.5 Å². The second-order valence-electron chi connectivity index (χ2n) is 11.8. The molecule has 0 radical (unpaired) electrons. The molecular weight excluding hydrogens is 619 g/mol. The molecule has 0 spiro atoms. The molecule has 0 saturated heterocycles. The molecule has 4 aromatic rings. The smallest absolute Gasteiger partial charge is 0.337 e. The Labute approximate surface area is 278 Å². The van der Waals surface area contributed by atoms with Gasteiger partial charge in [-0.2, -0.15) is 0 Å². The molecule has 1 heterocycles. The molecule has 1 amide bonds. The number of nitrogens with one attached hydrogen (secondary N) is 1. The summed E-state index contributed by atoms with van der Waals surface area (Å²) in [5.41, 5.74) is 4.73. The summed E-state index contributed by atoms with van der Waals surface area (Å²) >= 11 is 0. The van der Waals surface area contributed by atoms with E-state index in [1.807, 2.05) is 48.7 Å². The van der Waals surface area contributed by atoms with E-state index in [4.69, 9.17) is 14.6 Å². The zero-order valence-corrected chi connectivity index (χ0v) is 27.4. The predicted octanol–water partition coefficient (Wildman–Crippen LogP) is 5.79. The summed E-state index contributed by atoms with van der Waals surface area (Å²) in [6.45, 7) is 3.94. The standard InChI is InChI=1S/C37H41FN2O8/c1-22(2)40-30(17-16-28(41)19-29(42)20-32(43)44)33(24-12-14-27(38)15-13-24)34(23-8-6-5-7-9-23)35(40)36(45)39-21-26-11-10-25(37(46)48-4)18-31(26)47-3/h5-15,18,22,28-29,41-42H,16-17,19-21H2,1-4H3,(H,39,45)(H,43,44). The summed E-state index contributed by atoms with van der Waals surface area (Å²) in [6.07, 6.45) is -2.42. The zero-order chi connectivity index (χ0) is 35.0. The molecule has 2 atom stereocenters. The van der Waals surface area contributed by atoms with Crippen LogP contribution < -0.4 is 10.1 Å². The van der Waals surface area contributed by atoms with Crippen molar-refractivity contribution in [2.75, 3.05) is 14.2 Å². The van der Waals surface area contributed by atoms with Crippen molar-refractivity contribution in [3.8, 4) is 28.0 Å². The van der Waals surface area contributed by atoms with Gasteiger partial charge in [-0.05, 0) is 68.5 Å². The fourth-order valence-electron chi connectivity index (χ4n) is 5.90. The second kappa shape index (κ2) is 16.2. The minimum atomic E-state index is -1.22. The SMILES string of the molecule is COC(=O)c1ccc(CNC(=O)c2c(-c3ccccc3)c(-c3ccc(F)cc3)c(CCC(O)CC(O)CC(=O)O)n2C(C)C)c(OC)c1. The van der Waals surface area contributed by atoms with Crippen LogP contribution in [-0.4, -0.2) is 64.2 Å². The van der Waals surface area contributed by atoms with Gasteiger partial charge in [-0.15, -0.1) is 0 Å². The number of hydrogen-bond acceptors (Lipinski definition) is 7. The number of hydrogen-bond donors (Lipinski definition) is 4. The van der Waals surface area contributed by atoms with Crippen LogP contribution in [0.2, 0.25) is 0 Å². The number of nitrogens with zero attached hydrogens (tertiary/aromatic N) is 1. The molecule has 0 bridgehead atoms. The summed E-state index contributed by atoms with van der Waals surface area (Å²) < 4.78 is 26.4. The zero-order valence-electron chi connectivity index (χ0n) is 27.4. The van der Waals surface area contributed by atoms with E-state index in [1.54, 1.807) is 30.3 Å². The highest BCUT2D eigenvalue weighted by atomic mass is 19.1. The molecule has 48 heavy (non-hydrogen) atoms. The number of carbonyl (C=O) groups excluding carboxylic acids is 2. The molecule has 0 aliphatic carbocycles. The molecule has 3 aromatic carbocycles. The Bertz CT molecular complexity index is 1730. The van der Waals surface area contributed by atoms with E-state index in [1.165, 1.54) is 26.4 Å². The quantitative estimate of drug-likeness (QED) is 0.117. The van der Waals surface area contributed by atoms with Crippen LogP contribution in [0.15, 0.2) is 72.8 Å². The molecule has 4 N–H and O–H groups in total. The van der Waals surface area contributed by atoms with Gasteiger partial charge in [0.05, 0.1) is 38.4 Å². The Morgan fingerprint density at radius 2 is 1.56 bits per heavy atom. The largest absolute Gasteiger partial charge is 0.496 e. The number of benzene rings is 3. The number of ether oxygens (including phenoxy) is 2. The normalized spacial score (nSPS) is 12.4. The number of aliphatic hydroxyl groups excluding tert-OH is 2. The van der Waals surface area contributed by atoms with Crippen LogP contribution in [0, 0.1) is 5.82 Å². The van der Waals surface area contributed by atoms with Crippen LogP contribution in [0.5, 0.6) is 5.75 Å². The molecule has 0 fully saturated rings. The van der Waals surface area contributed by atoms with Gasteiger partial charge >= 0.3 is 11.9 Å². The summed E-state index contributed by atoms with van der Waals surface area (Å²) in [5.74, 6) is -2.10. The molecule has 0 aliphatic rings. The maximum atomic E-state index is 14.4. The first-order valence-electron chi connectivity index (χ1n) is 15.6. The lowest BCUT2D eigenvalue weighted by Gasteiger charge is -2.20. The van der Waals surface area contributed by atoms with Gasteiger partial charge in [0.25, 0.3) is 5.91 Å². The molecule has 1 aromatic heterocycles. The molecule has 2 unspecified atom stereocenters. The molecule has 0 saturated carbocycles. The van der Waals surface area contributed by atoms with Crippen molar-refractivity contribution in [2.24, 2.45) is 0 Å². The Morgan fingerprint density at radius 1 is 0.896 bits per heavy atom. The van der Waals surface area contributed by atoms with Crippen LogP contribution in [0.4, 0.5) is 4.39 Å². The van der Waals surface area contributed by atoms with E-state index in [-0.39, 0.29) is 31.8 Å². The summed E-state index contributed by atoms with van der Waals surface area (Å²) in [5, 5.41) is 33.0. The topological polar surface area (TPSA) is 147 Å². The maximum Gasteiger partial charge on any atom is 0.337 e. The van der Waals surface area contributed by atoms with Gasteiger partial charge in [0.15, 0.2) is 0 Å². The Kier molecular flexibility index (Phi) is 12.1. The maximum absolute atomic E-state index is 14.4. The van der Waals surface area contributed by atoms with E-state index in [0.29, 0.717) is 45.0 Å². The van der Waals surface area contributed by atoms with Crippen molar-refractivity contribution in [1.29, 1.82) is 0 Å². The predicted molar refractivity (Wildman–Crippen MR) is 178 cm³/mol. The number of aliphatic carboxylic acids is 1. The first kappa shape index (κ1) is 35.8. The van der Waals surface area contributed by atoms with Gasteiger partial charge in [-0.25, -0.2) is 9.18 Å². The van der Waals surface area contributed by atoms with E-state index >= 15 is 0 Å². The van der Waals surface area contributed by atoms with Gasteiger partial charge in [0.1, 0.15) is 17.3 Å². The van der Waals surface area contributed by atoms with Crippen molar-refractivity contribution in [1.82, 2.24) is 9.88 Å². The monoisotopic (exact) mass is 660 g/mol. The van der Waals surface area contributed by atoms with E-state index in [2.05, 4.69) is 5.32 Å². The van der Waals surface area contributed by atoms with Crippen LogP contribution in [-0.2, 0) is 22.5 Å². The second-order valence-corrected chi connectivity index (χ2v) is 11.8. The summed E-state index contributed by atoms with van der Waals surface area (Å²) in [6, 6.07) is 19.9. The number of methoxy groups -OCH3 is 2. The molecule has 0 aliphatic heterocycles. The van der Waals surface area contributed by atoms with E-state index < -0.39 is 42.3 Å². The number of carbonyl (C=O) groups is 3. The molecule has 254 valence electrons. The first-order chi connectivity index (χ1) is 22.9. The van der Waals surface area contributed by atoms with Crippen LogP contribution in [0.25, 0.3) is 22.3 Å². The van der Waals surface area contributed by atoms with Crippen molar-refractivity contribution >= 4 is 17.8 Å². The molecule has 10 nitrogen and oxygen atoms in total. The lowest BCUT2D eigenvalue weighted by molar-refractivity contribution is -0.139. The van der Waals surface area contributed by atoms with E-state index in [0.717, 1.165) is 5.56 Å². The number of halogens is 1. The third-order valence-electron chi connectivity index (χ3n) is 8.05. The Hall–Kier alpha value is -5.00. The van der Waals surface area contributed by atoms with Crippen LogP contribution in [0.3, 0.4) is 0 Å². The first-order valence-corrected chi connectivity index (χ1v) is 15.6. The fourth-order valence-corrected chi connectivity index (χ4v) is 5.90. The Balaban J connectivity index is 1.83. The number of amides is 1. The molecule has 11 heteroatoms. The number of aliphatic hydroxyl groups is 2. The average molecular weight is 661 g/mol. The van der Waals surface area contributed by atoms with Crippen molar-refractivity contribution in [2.45, 2.75) is 64.3 Å². The molecule has 4 rings (SSSR count). The third-order valence-corrected chi connectivity index (χ3v) is 8.05. The van der Waals surface area contributed by atoms with Crippen LogP contribution >= 0.6 is 0 Å². The number of carboxylic acids is 1. The summed E-state index contributed by atoms with van der Waals surface area (Å²) in [4.78, 5) is 37.5. The van der Waals surface area contributed by atoms with Gasteiger partial charge in [0, 0.05) is 35.0 Å². The Morgan fingerprint density at radius 3 is 2.17 bits per heavy atom. The van der Waals surface area contributed by atoms with Gasteiger partial charge < -0.3 is 34.7 Å². The lowest BCUT2D eigenvalue weighted by atomic mass is 9.92. The molecular formula is C37H41FN2O8. The number of carboxylic acid groups (broad SMARTS) is 1. The van der Waals surface area contributed by atoms with Crippen molar-refractivity contribution in [3.63, 3.8) is 0 Å².